The first-order valence-electron chi connectivity index (χ1n) is 8.08. The van der Waals surface area contributed by atoms with Crippen molar-refractivity contribution in [2.75, 3.05) is 17.1 Å². The van der Waals surface area contributed by atoms with E-state index in [2.05, 4.69) is 5.32 Å². The first kappa shape index (κ1) is 22.0. The Morgan fingerprint density at radius 2 is 1.79 bits per heavy atom. The average Bonchev–Trinajstić information content (AvgIpc) is 2.59. The number of hydrogen-bond donors (Lipinski definition) is 1. The van der Waals surface area contributed by atoms with E-state index in [1.54, 1.807) is 31.2 Å². The fourth-order valence-corrected chi connectivity index (χ4v) is 3.60. The Hall–Kier alpha value is -2.26. The van der Waals surface area contributed by atoms with E-state index in [4.69, 9.17) is 11.6 Å². The van der Waals surface area contributed by atoms with Gasteiger partial charge in [0.1, 0.15) is 6.54 Å². The first-order valence-corrected chi connectivity index (χ1v) is 10.3. The number of amides is 1. The predicted octanol–water partition coefficient (Wildman–Crippen LogP) is 4.00. The number of halogens is 4. The van der Waals surface area contributed by atoms with E-state index in [-0.39, 0.29) is 5.69 Å². The monoisotopic (exact) mass is 434 g/mol. The molecule has 0 unspecified atom stereocenters. The van der Waals surface area contributed by atoms with E-state index in [1.807, 2.05) is 6.07 Å². The maximum Gasteiger partial charge on any atom is 0.417 e. The molecule has 1 N–H and O–H groups in total. The molecule has 2 rings (SSSR count). The number of nitrogens with one attached hydrogen (secondary N) is 1. The zero-order valence-electron chi connectivity index (χ0n) is 15.0. The van der Waals surface area contributed by atoms with Gasteiger partial charge in [0.25, 0.3) is 0 Å². The van der Waals surface area contributed by atoms with Gasteiger partial charge in [-0.05, 0) is 30.7 Å². The van der Waals surface area contributed by atoms with Crippen LogP contribution in [0, 0.1) is 0 Å². The third-order valence-corrected chi connectivity index (χ3v) is 5.38. The Morgan fingerprint density at radius 1 is 1.18 bits per heavy atom. The van der Waals surface area contributed by atoms with Crippen molar-refractivity contribution in [2.24, 2.45) is 0 Å². The lowest BCUT2D eigenvalue weighted by Gasteiger charge is -2.24. The molecule has 0 radical (unpaired) electrons. The molecule has 2 aromatic carbocycles. The lowest BCUT2D eigenvalue weighted by atomic mass is 10.1. The van der Waals surface area contributed by atoms with Crippen LogP contribution in [0.1, 0.15) is 24.1 Å². The molecular weight excluding hydrogens is 417 g/mol. The molecular formula is C18H18ClF3N2O3S. The summed E-state index contributed by atoms with van der Waals surface area (Å²) in [6.45, 7) is 1.04. The summed E-state index contributed by atoms with van der Waals surface area (Å²) >= 11 is 5.57. The minimum Gasteiger partial charge on any atom is -0.348 e. The van der Waals surface area contributed by atoms with E-state index in [1.165, 1.54) is 0 Å². The number of carbonyl (C=O) groups excluding carboxylic acids is 1. The number of hydrogen-bond acceptors (Lipinski definition) is 3. The number of anilines is 1. The molecule has 0 fully saturated rings. The molecule has 1 atom stereocenters. The molecule has 10 heteroatoms. The van der Waals surface area contributed by atoms with Crippen molar-refractivity contribution in [3.05, 3.63) is 64.7 Å². The van der Waals surface area contributed by atoms with E-state index in [9.17, 15) is 26.4 Å². The molecule has 0 aromatic heterocycles. The standard InChI is InChI=1S/C18H18ClF3N2O3S/c1-12(13-6-4-3-5-7-13)23-17(25)11-24(28(2,26)27)14-8-9-16(19)15(10-14)18(20,21)22/h3-10,12H,11H2,1-2H3,(H,23,25)/t12-/m1/s1. The molecule has 0 aliphatic heterocycles. The van der Waals surface area contributed by atoms with Crippen molar-refractivity contribution < 1.29 is 26.4 Å². The number of carbonyl (C=O) groups is 1. The average molecular weight is 435 g/mol. The Kier molecular flexibility index (Phi) is 6.61. The van der Waals surface area contributed by atoms with Crippen molar-refractivity contribution >= 4 is 33.2 Å². The van der Waals surface area contributed by atoms with Gasteiger partial charge in [0.2, 0.25) is 15.9 Å². The van der Waals surface area contributed by atoms with Crippen LogP contribution in [-0.4, -0.2) is 27.1 Å². The van der Waals surface area contributed by atoms with Gasteiger partial charge in [-0.25, -0.2) is 8.42 Å². The van der Waals surface area contributed by atoms with E-state index in [0.29, 0.717) is 10.4 Å². The number of alkyl halides is 3. The molecule has 0 saturated carbocycles. The highest BCUT2D eigenvalue weighted by Crippen LogP contribution is 2.37. The van der Waals surface area contributed by atoms with Gasteiger partial charge in [-0.3, -0.25) is 9.10 Å². The minimum atomic E-state index is -4.76. The Balaban J connectivity index is 2.27. The molecule has 5 nitrogen and oxygen atoms in total. The molecule has 0 aliphatic carbocycles. The van der Waals surface area contributed by atoms with Gasteiger partial charge >= 0.3 is 6.18 Å². The van der Waals surface area contributed by atoms with Crippen LogP contribution in [0.15, 0.2) is 48.5 Å². The quantitative estimate of drug-likeness (QED) is 0.747. The molecule has 1 amide bonds. The molecule has 28 heavy (non-hydrogen) atoms. The molecule has 0 saturated heterocycles. The molecule has 0 heterocycles. The smallest absolute Gasteiger partial charge is 0.348 e. The van der Waals surface area contributed by atoms with Gasteiger partial charge in [-0.2, -0.15) is 13.2 Å². The number of sulfonamides is 1. The number of rotatable bonds is 6. The topological polar surface area (TPSA) is 66.5 Å². The highest BCUT2D eigenvalue weighted by molar-refractivity contribution is 7.92. The second-order valence-electron chi connectivity index (χ2n) is 6.13. The SMILES string of the molecule is C[C@@H](NC(=O)CN(c1ccc(Cl)c(C(F)(F)F)c1)S(C)(=O)=O)c1ccccc1. The van der Waals surface area contributed by atoms with Crippen LogP contribution in [0.25, 0.3) is 0 Å². The van der Waals surface area contributed by atoms with Crippen molar-refractivity contribution in [3.63, 3.8) is 0 Å². The van der Waals surface area contributed by atoms with Crippen molar-refractivity contribution in [3.8, 4) is 0 Å². The van der Waals surface area contributed by atoms with Crippen LogP contribution in [0.5, 0.6) is 0 Å². The summed E-state index contributed by atoms with van der Waals surface area (Å²) < 4.78 is 64.0. The normalized spacial score (nSPS) is 13.1. The number of nitrogens with zero attached hydrogens (tertiary/aromatic N) is 1. The largest absolute Gasteiger partial charge is 0.417 e. The van der Waals surface area contributed by atoms with Crippen molar-refractivity contribution in [1.82, 2.24) is 5.32 Å². The summed E-state index contributed by atoms with van der Waals surface area (Å²) in [5, 5.41) is 2.07. The first-order chi connectivity index (χ1) is 12.9. The fourth-order valence-electron chi connectivity index (χ4n) is 2.53. The van der Waals surface area contributed by atoms with Crippen LogP contribution in [-0.2, 0) is 21.0 Å². The second kappa shape index (κ2) is 8.40. The summed E-state index contributed by atoms with van der Waals surface area (Å²) in [7, 11) is -4.03. The van der Waals surface area contributed by atoms with Crippen LogP contribution < -0.4 is 9.62 Å². The van der Waals surface area contributed by atoms with Crippen molar-refractivity contribution in [2.45, 2.75) is 19.1 Å². The lowest BCUT2D eigenvalue weighted by Crippen LogP contribution is -2.41. The van der Waals surface area contributed by atoms with Crippen LogP contribution >= 0.6 is 11.6 Å². The molecule has 2 aromatic rings. The Labute approximate surface area is 166 Å². The van der Waals surface area contributed by atoms with Crippen molar-refractivity contribution in [1.29, 1.82) is 0 Å². The highest BCUT2D eigenvalue weighted by Gasteiger charge is 2.34. The fraction of sp³-hybridized carbons (Fsp3) is 0.278. The third kappa shape index (κ3) is 5.62. The van der Waals surface area contributed by atoms with Gasteiger partial charge in [0, 0.05) is 0 Å². The van der Waals surface area contributed by atoms with E-state index >= 15 is 0 Å². The summed E-state index contributed by atoms with van der Waals surface area (Å²) in [6, 6.07) is 11.2. The van der Waals surface area contributed by atoms with Crippen LogP contribution in [0.4, 0.5) is 18.9 Å². The zero-order valence-corrected chi connectivity index (χ0v) is 16.6. The summed E-state index contributed by atoms with van der Waals surface area (Å²) in [5.74, 6) is -0.662. The third-order valence-electron chi connectivity index (χ3n) is 3.91. The van der Waals surface area contributed by atoms with E-state index < -0.39 is 45.3 Å². The van der Waals surface area contributed by atoms with E-state index in [0.717, 1.165) is 24.0 Å². The van der Waals surface area contributed by atoms with Crippen LogP contribution in [0.2, 0.25) is 5.02 Å². The molecule has 0 bridgehead atoms. The van der Waals surface area contributed by atoms with Gasteiger partial charge in [0.05, 0.1) is 28.6 Å². The summed E-state index contributed by atoms with van der Waals surface area (Å²) in [6.07, 6.45) is -3.96. The van der Waals surface area contributed by atoms with Crippen LogP contribution in [0.3, 0.4) is 0 Å². The molecule has 152 valence electrons. The summed E-state index contributed by atoms with van der Waals surface area (Å²) in [5.41, 5.74) is -0.687. The maximum atomic E-state index is 13.1. The Morgan fingerprint density at radius 3 is 2.32 bits per heavy atom. The van der Waals surface area contributed by atoms with Gasteiger partial charge < -0.3 is 5.32 Å². The molecule has 0 aliphatic rings. The predicted molar refractivity (Wildman–Crippen MR) is 102 cm³/mol. The minimum absolute atomic E-state index is 0.304. The summed E-state index contributed by atoms with van der Waals surface area (Å²) in [4.78, 5) is 12.3. The second-order valence-corrected chi connectivity index (χ2v) is 8.45. The maximum absolute atomic E-state index is 13.1. The molecule has 0 spiro atoms. The van der Waals surface area contributed by atoms with Gasteiger partial charge in [-0.15, -0.1) is 0 Å². The van der Waals surface area contributed by atoms with Gasteiger partial charge in [0.15, 0.2) is 0 Å². The zero-order chi connectivity index (χ0) is 21.1. The highest BCUT2D eigenvalue weighted by atomic mass is 35.5. The Bertz CT molecular complexity index is 950. The lowest BCUT2D eigenvalue weighted by molar-refractivity contribution is -0.137. The van der Waals surface area contributed by atoms with Gasteiger partial charge in [-0.1, -0.05) is 41.9 Å². The number of benzene rings is 2.